The molecule has 21 heavy (non-hydrogen) atoms. The Balaban J connectivity index is 0.00000220. The second-order valence-corrected chi connectivity index (χ2v) is 4.64. The highest BCUT2D eigenvalue weighted by Crippen LogP contribution is 2.12. The topological polar surface area (TPSA) is 54.9 Å². The molecule has 2 aromatic rings. The van der Waals surface area contributed by atoms with E-state index in [4.69, 9.17) is 0 Å². The maximum atomic E-state index is 12.3. The lowest BCUT2D eigenvalue weighted by Crippen LogP contribution is -2.16. The first kappa shape index (κ1) is 17.1. The number of amides is 1. The van der Waals surface area contributed by atoms with E-state index in [1.54, 1.807) is 18.5 Å². The van der Waals surface area contributed by atoms with Crippen LogP contribution in [0.5, 0.6) is 0 Å². The molecule has 112 valence electrons. The van der Waals surface area contributed by atoms with E-state index in [9.17, 15) is 4.79 Å². The number of nitrogens with one attached hydrogen (secondary N) is 1. The van der Waals surface area contributed by atoms with E-state index in [2.05, 4.69) is 22.2 Å². The number of rotatable bonds is 6. The molecule has 0 aliphatic rings. The Labute approximate surface area is 131 Å². The van der Waals surface area contributed by atoms with Crippen LogP contribution in [0.3, 0.4) is 0 Å². The fourth-order valence-electron chi connectivity index (χ4n) is 2.02. The Hall–Kier alpha value is -1.94. The van der Waals surface area contributed by atoms with Gasteiger partial charge in [-0.2, -0.15) is 0 Å². The molecule has 0 fully saturated rings. The maximum Gasteiger partial charge on any atom is 0.275 e. The van der Waals surface area contributed by atoms with Crippen molar-refractivity contribution in [3.05, 3.63) is 54.0 Å². The van der Waals surface area contributed by atoms with Gasteiger partial charge in [0.25, 0.3) is 5.91 Å². The summed E-state index contributed by atoms with van der Waals surface area (Å²) in [4.78, 5) is 20.6. The molecule has 0 unspecified atom stereocenters. The maximum absolute atomic E-state index is 12.3. The van der Waals surface area contributed by atoms with Crippen molar-refractivity contribution in [2.24, 2.45) is 0 Å². The fraction of sp³-hybridized carbons (Fsp3) is 0.312. The third-order valence-corrected chi connectivity index (χ3v) is 3.06. The van der Waals surface area contributed by atoms with Crippen molar-refractivity contribution in [1.82, 2.24) is 9.97 Å². The van der Waals surface area contributed by atoms with Gasteiger partial charge < -0.3 is 5.32 Å². The summed E-state index contributed by atoms with van der Waals surface area (Å²) in [5, 5.41) is 2.78. The molecule has 0 aliphatic heterocycles. The molecule has 2 rings (SSSR count). The van der Waals surface area contributed by atoms with Gasteiger partial charge in [0.1, 0.15) is 11.5 Å². The van der Waals surface area contributed by atoms with Crippen molar-refractivity contribution >= 4 is 24.1 Å². The van der Waals surface area contributed by atoms with Crippen molar-refractivity contribution in [2.45, 2.75) is 32.6 Å². The summed E-state index contributed by atoms with van der Waals surface area (Å²) in [7, 11) is 0. The summed E-state index contributed by atoms with van der Waals surface area (Å²) >= 11 is 0. The monoisotopic (exact) mass is 305 g/mol. The van der Waals surface area contributed by atoms with Gasteiger partial charge in [-0.05, 0) is 36.6 Å². The van der Waals surface area contributed by atoms with Crippen LogP contribution in [0.4, 0.5) is 5.82 Å². The summed E-state index contributed by atoms with van der Waals surface area (Å²) in [6.07, 6.45) is 7.58. The third kappa shape index (κ3) is 5.16. The van der Waals surface area contributed by atoms with E-state index < -0.39 is 0 Å². The molecular weight excluding hydrogens is 286 g/mol. The van der Waals surface area contributed by atoms with Crippen molar-refractivity contribution in [2.75, 3.05) is 5.32 Å². The number of halogens is 1. The largest absolute Gasteiger partial charge is 0.305 e. The molecule has 0 atom stereocenters. The van der Waals surface area contributed by atoms with Crippen LogP contribution in [0.15, 0.2) is 42.7 Å². The zero-order valence-corrected chi connectivity index (χ0v) is 12.9. The van der Waals surface area contributed by atoms with Crippen LogP contribution in [-0.4, -0.2) is 15.9 Å². The highest BCUT2D eigenvalue weighted by atomic mass is 35.5. The smallest absolute Gasteiger partial charge is 0.275 e. The molecule has 0 aromatic carbocycles. The first-order chi connectivity index (χ1) is 9.81. The molecule has 0 saturated carbocycles. The third-order valence-electron chi connectivity index (χ3n) is 3.06. The molecule has 2 aromatic heterocycles. The van der Waals surface area contributed by atoms with E-state index in [0.717, 1.165) is 31.2 Å². The average molecular weight is 306 g/mol. The van der Waals surface area contributed by atoms with Gasteiger partial charge in [-0.3, -0.25) is 9.78 Å². The lowest BCUT2D eigenvalue weighted by atomic mass is 10.1. The Morgan fingerprint density at radius 1 is 1.10 bits per heavy atom. The molecule has 1 N–H and O–H groups in total. The number of carbonyl (C=O) groups excluding carboxylic acids is 1. The number of aryl methyl sites for hydroxylation is 1. The molecule has 0 spiro atoms. The van der Waals surface area contributed by atoms with Gasteiger partial charge in [0.05, 0.1) is 0 Å². The Morgan fingerprint density at radius 2 is 1.90 bits per heavy atom. The normalized spacial score (nSPS) is 9.76. The number of nitrogens with zero attached hydrogens (tertiary/aromatic N) is 2. The van der Waals surface area contributed by atoms with Crippen LogP contribution in [0.1, 0.15) is 42.2 Å². The van der Waals surface area contributed by atoms with Crippen LogP contribution in [0.25, 0.3) is 0 Å². The molecule has 0 radical (unpaired) electrons. The summed E-state index contributed by atoms with van der Waals surface area (Å²) in [5.74, 6) is 0.346. The second kappa shape index (κ2) is 9.08. The van der Waals surface area contributed by atoms with Gasteiger partial charge in [-0.25, -0.2) is 4.98 Å². The minimum absolute atomic E-state index is 0. The number of anilines is 1. The zero-order valence-electron chi connectivity index (χ0n) is 12.1. The quantitative estimate of drug-likeness (QED) is 0.824. The minimum atomic E-state index is -0.198. The molecular formula is C16H20ClN3O. The predicted octanol–water partition coefficient (Wildman–Crippen LogP) is 3.88. The second-order valence-electron chi connectivity index (χ2n) is 4.64. The molecule has 0 bridgehead atoms. The number of hydrogen-bond donors (Lipinski definition) is 1. The van der Waals surface area contributed by atoms with Crippen LogP contribution in [0.2, 0.25) is 0 Å². The van der Waals surface area contributed by atoms with Gasteiger partial charge in [0, 0.05) is 12.4 Å². The Kier molecular flexibility index (Phi) is 7.40. The van der Waals surface area contributed by atoms with Crippen molar-refractivity contribution in [3.63, 3.8) is 0 Å². The van der Waals surface area contributed by atoms with E-state index in [-0.39, 0.29) is 18.3 Å². The number of hydrogen-bond acceptors (Lipinski definition) is 3. The predicted molar refractivity (Wildman–Crippen MR) is 86.9 cm³/mol. The summed E-state index contributed by atoms with van der Waals surface area (Å²) < 4.78 is 0. The SMILES string of the molecule is CCCCCc1cccnc1C(=O)Nc1ccccn1.Cl. The first-order valence-corrected chi connectivity index (χ1v) is 6.97. The van der Waals surface area contributed by atoms with E-state index >= 15 is 0 Å². The lowest BCUT2D eigenvalue weighted by molar-refractivity contribution is 0.102. The van der Waals surface area contributed by atoms with Gasteiger partial charge in [-0.1, -0.05) is 31.9 Å². The average Bonchev–Trinajstić information content (AvgIpc) is 2.49. The number of pyridine rings is 2. The molecule has 0 aliphatic carbocycles. The summed E-state index contributed by atoms with van der Waals surface area (Å²) in [6, 6.07) is 9.25. The molecule has 1 amide bonds. The lowest BCUT2D eigenvalue weighted by Gasteiger charge is -2.08. The van der Waals surface area contributed by atoms with Crippen molar-refractivity contribution in [3.8, 4) is 0 Å². The highest BCUT2D eigenvalue weighted by Gasteiger charge is 2.12. The summed E-state index contributed by atoms with van der Waals surface area (Å²) in [6.45, 7) is 2.16. The molecule has 5 heteroatoms. The first-order valence-electron chi connectivity index (χ1n) is 6.97. The fourth-order valence-corrected chi connectivity index (χ4v) is 2.02. The van der Waals surface area contributed by atoms with Crippen molar-refractivity contribution in [1.29, 1.82) is 0 Å². The van der Waals surface area contributed by atoms with Gasteiger partial charge in [0.2, 0.25) is 0 Å². The van der Waals surface area contributed by atoms with Gasteiger partial charge >= 0.3 is 0 Å². The Bertz CT molecular complexity index is 560. The van der Waals surface area contributed by atoms with Gasteiger partial charge in [0.15, 0.2) is 0 Å². The summed E-state index contributed by atoms with van der Waals surface area (Å²) in [5.41, 5.74) is 1.49. The van der Waals surface area contributed by atoms with E-state index in [0.29, 0.717) is 11.5 Å². The van der Waals surface area contributed by atoms with Gasteiger partial charge in [-0.15, -0.1) is 12.4 Å². The number of aromatic nitrogens is 2. The van der Waals surface area contributed by atoms with E-state index in [1.807, 2.05) is 24.3 Å². The van der Waals surface area contributed by atoms with Crippen LogP contribution in [-0.2, 0) is 6.42 Å². The van der Waals surface area contributed by atoms with Crippen LogP contribution in [0, 0.1) is 0 Å². The van der Waals surface area contributed by atoms with Crippen LogP contribution >= 0.6 is 12.4 Å². The number of unbranched alkanes of at least 4 members (excludes halogenated alkanes) is 2. The highest BCUT2D eigenvalue weighted by molar-refractivity contribution is 6.03. The Morgan fingerprint density at radius 3 is 2.62 bits per heavy atom. The van der Waals surface area contributed by atoms with Crippen molar-refractivity contribution < 1.29 is 4.79 Å². The molecule has 2 heterocycles. The standard InChI is InChI=1S/C16H19N3O.ClH/c1-2-3-4-8-13-9-7-12-18-15(13)16(20)19-14-10-5-6-11-17-14;/h5-7,9-12H,2-4,8H2,1H3,(H,17,19,20);1H. The molecule has 0 saturated heterocycles. The van der Waals surface area contributed by atoms with Crippen LogP contribution < -0.4 is 5.32 Å². The van der Waals surface area contributed by atoms with E-state index in [1.165, 1.54) is 0 Å². The molecule has 4 nitrogen and oxygen atoms in total. The minimum Gasteiger partial charge on any atom is -0.305 e. The zero-order chi connectivity index (χ0) is 14.2. The number of carbonyl (C=O) groups is 1.